The molecule has 0 aliphatic heterocycles. The molecule has 1 rings (SSSR count). The zero-order valence-electron chi connectivity index (χ0n) is 8.69. The van der Waals surface area contributed by atoms with E-state index in [1.807, 2.05) is 6.92 Å². The molecule has 0 aliphatic rings. The number of nitriles is 1. The Bertz CT molecular complexity index is 380. The molecule has 0 unspecified atom stereocenters. The molecule has 0 amide bonds. The van der Waals surface area contributed by atoms with E-state index in [4.69, 9.17) is 14.7 Å². The molecule has 0 spiro atoms. The van der Waals surface area contributed by atoms with Crippen LogP contribution in [0.3, 0.4) is 0 Å². The largest absolute Gasteiger partial charge is 0.492 e. The van der Waals surface area contributed by atoms with Crippen LogP contribution in [0.25, 0.3) is 0 Å². The van der Waals surface area contributed by atoms with Gasteiger partial charge in [-0.25, -0.2) is 0 Å². The van der Waals surface area contributed by atoms with Gasteiger partial charge in [0.25, 0.3) is 0 Å². The van der Waals surface area contributed by atoms with Crippen molar-refractivity contribution in [2.75, 3.05) is 13.2 Å². The van der Waals surface area contributed by atoms with Crippen molar-refractivity contribution in [3.63, 3.8) is 0 Å². The standard InChI is InChI=1S/C12H13NO2/c1-3-7-15-11-5-6-12(14-4-2)10(8-11)9-13/h3,5-6,8H,1,4,7H2,2H3. The van der Waals surface area contributed by atoms with Crippen molar-refractivity contribution in [3.05, 3.63) is 36.4 Å². The molecule has 1 aromatic carbocycles. The number of hydrogen-bond donors (Lipinski definition) is 0. The maximum absolute atomic E-state index is 8.89. The lowest BCUT2D eigenvalue weighted by Crippen LogP contribution is -1.97. The van der Waals surface area contributed by atoms with Gasteiger partial charge in [-0.2, -0.15) is 5.26 Å². The Morgan fingerprint density at radius 1 is 1.47 bits per heavy atom. The predicted octanol–water partition coefficient (Wildman–Crippen LogP) is 2.52. The third-order valence-electron chi connectivity index (χ3n) is 1.74. The van der Waals surface area contributed by atoms with E-state index in [0.29, 0.717) is 30.3 Å². The van der Waals surface area contributed by atoms with Gasteiger partial charge in [0.1, 0.15) is 24.2 Å². The first-order chi connectivity index (χ1) is 7.31. The molecular weight excluding hydrogens is 190 g/mol. The van der Waals surface area contributed by atoms with E-state index in [1.165, 1.54) is 0 Å². The van der Waals surface area contributed by atoms with Gasteiger partial charge in [0.05, 0.1) is 12.2 Å². The molecule has 15 heavy (non-hydrogen) atoms. The van der Waals surface area contributed by atoms with Crippen LogP contribution in [0.4, 0.5) is 0 Å². The Morgan fingerprint density at radius 3 is 2.87 bits per heavy atom. The SMILES string of the molecule is C=CCOc1ccc(OCC)c(C#N)c1. The Kier molecular flexibility index (Phi) is 4.24. The molecule has 0 fully saturated rings. The van der Waals surface area contributed by atoms with Crippen LogP contribution in [0.5, 0.6) is 11.5 Å². The topological polar surface area (TPSA) is 42.2 Å². The van der Waals surface area contributed by atoms with Gasteiger partial charge in [0.15, 0.2) is 0 Å². The summed E-state index contributed by atoms with van der Waals surface area (Å²) in [7, 11) is 0. The molecular formula is C12H13NO2. The van der Waals surface area contributed by atoms with E-state index in [2.05, 4.69) is 12.6 Å². The highest BCUT2D eigenvalue weighted by Crippen LogP contribution is 2.23. The van der Waals surface area contributed by atoms with E-state index in [9.17, 15) is 0 Å². The Labute approximate surface area is 89.6 Å². The van der Waals surface area contributed by atoms with Crippen LogP contribution < -0.4 is 9.47 Å². The molecule has 0 saturated heterocycles. The third-order valence-corrected chi connectivity index (χ3v) is 1.74. The lowest BCUT2D eigenvalue weighted by molar-refractivity contribution is 0.335. The van der Waals surface area contributed by atoms with Gasteiger partial charge in [-0.15, -0.1) is 0 Å². The molecule has 1 aromatic rings. The number of ether oxygens (including phenoxy) is 2. The van der Waals surface area contributed by atoms with Crippen molar-refractivity contribution in [3.8, 4) is 17.6 Å². The van der Waals surface area contributed by atoms with Gasteiger partial charge < -0.3 is 9.47 Å². The van der Waals surface area contributed by atoms with Crippen LogP contribution in [0.15, 0.2) is 30.9 Å². The summed E-state index contributed by atoms with van der Waals surface area (Å²) in [6, 6.07) is 7.24. The van der Waals surface area contributed by atoms with Gasteiger partial charge in [-0.3, -0.25) is 0 Å². The second-order valence-electron chi connectivity index (χ2n) is 2.80. The van der Waals surface area contributed by atoms with Gasteiger partial charge in [0.2, 0.25) is 0 Å². The zero-order valence-corrected chi connectivity index (χ0v) is 8.69. The van der Waals surface area contributed by atoms with Crippen LogP contribution in [-0.2, 0) is 0 Å². The van der Waals surface area contributed by atoms with Crippen molar-refractivity contribution in [2.24, 2.45) is 0 Å². The van der Waals surface area contributed by atoms with Crippen molar-refractivity contribution in [1.29, 1.82) is 5.26 Å². The molecule has 0 atom stereocenters. The number of rotatable bonds is 5. The average molecular weight is 203 g/mol. The monoisotopic (exact) mass is 203 g/mol. The molecule has 78 valence electrons. The first kappa shape index (κ1) is 11.1. The smallest absolute Gasteiger partial charge is 0.137 e. The fourth-order valence-corrected chi connectivity index (χ4v) is 1.12. The minimum Gasteiger partial charge on any atom is -0.492 e. The molecule has 0 aliphatic carbocycles. The second kappa shape index (κ2) is 5.71. The van der Waals surface area contributed by atoms with E-state index in [0.717, 1.165) is 0 Å². The highest BCUT2D eigenvalue weighted by molar-refractivity contribution is 5.47. The Hall–Kier alpha value is -1.95. The van der Waals surface area contributed by atoms with Gasteiger partial charge >= 0.3 is 0 Å². The Balaban J connectivity index is 2.87. The van der Waals surface area contributed by atoms with Crippen molar-refractivity contribution >= 4 is 0 Å². The van der Waals surface area contributed by atoms with Crippen LogP contribution in [0.2, 0.25) is 0 Å². The molecule has 3 heteroatoms. The summed E-state index contributed by atoms with van der Waals surface area (Å²) in [6.45, 7) is 6.40. The lowest BCUT2D eigenvalue weighted by Gasteiger charge is -2.07. The van der Waals surface area contributed by atoms with Crippen molar-refractivity contribution in [2.45, 2.75) is 6.92 Å². The van der Waals surface area contributed by atoms with Gasteiger partial charge in [-0.1, -0.05) is 12.7 Å². The third kappa shape index (κ3) is 3.03. The summed E-state index contributed by atoms with van der Waals surface area (Å²) in [6.07, 6.45) is 1.66. The molecule has 0 radical (unpaired) electrons. The summed E-state index contributed by atoms with van der Waals surface area (Å²) >= 11 is 0. The van der Waals surface area contributed by atoms with Crippen LogP contribution in [0.1, 0.15) is 12.5 Å². The molecule has 0 saturated carbocycles. The normalized spacial score (nSPS) is 9.07. The first-order valence-corrected chi connectivity index (χ1v) is 4.72. The quantitative estimate of drug-likeness (QED) is 0.690. The van der Waals surface area contributed by atoms with Crippen LogP contribution in [-0.4, -0.2) is 13.2 Å². The number of nitrogens with zero attached hydrogens (tertiary/aromatic N) is 1. The average Bonchev–Trinajstić information content (AvgIpc) is 2.28. The summed E-state index contributed by atoms with van der Waals surface area (Å²) in [5.74, 6) is 1.24. The molecule has 0 heterocycles. The minimum atomic E-state index is 0.429. The first-order valence-electron chi connectivity index (χ1n) is 4.72. The predicted molar refractivity (Wildman–Crippen MR) is 58.0 cm³/mol. The molecule has 0 N–H and O–H groups in total. The highest BCUT2D eigenvalue weighted by Gasteiger charge is 2.04. The van der Waals surface area contributed by atoms with Gasteiger partial charge in [0, 0.05) is 6.07 Å². The fraction of sp³-hybridized carbons (Fsp3) is 0.250. The Morgan fingerprint density at radius 2 is 2.27 bits per heavy atom. The van der Waals surface area contributed by atoms with Gasteiger partial charge in [-0.05, 0) is 19.1 Å². The molecule has 0 aromatic heterocycles. The van der Waals surface area contributed by atoms with Crippen molar-refractivity contribution < 1.29 is 9.47 Å². The minimum absolute atomic E-state index is 0.429. The van der Waals surface area contributed by atoms with Crippen LogP contribution in [0, 0.1) is 11.3 Å². The summed E-state index contributed by atoms with van der Waals surface area (Å²) in [5, 5.41) is 8.89. The fourth-order valence-electron chi connectivity index (χ4n) is 1.12. The van der Waals surface area contributed by atoms with E-state index in [-0.39, 0.29) is 0 Å². The highest BCUT2D eigenvalue weighted by atomic mass is 16.5. The number of hydrogen-bond acceptors (Lipinski definition) is 3. The number of benzene rings is 1. The van der Waals surface area contributed by atoms with Crippen LogP contribution >= 0.6 is 0 Å². The van der Waals surface area contributed by atoms with E-state index >= 15 is 0 Å². The summed E-state index contributed by atoms with van der Waals surface area (Å²) in [5.41, 5.74) is 0.485. The van der Waals surface area contributed by atoms with Crippen molar-refractivity contribution in [1.82, 2.24) is 0 Å². The second-order valence-corrected chi connectivity index (χ2v) is 2.80. The maximum Gasteiger partial charge on any atom is 0.137 e. The van der Waals surface area contributed by atoms with E-state index in [1.54, 1.807) is 24.3 Å². The summed E-state index contributed by atoms with van der Waals surface area (Å²) in [4.78, 5) is 0. The van der Waals surface area contributed by atoms with E-state index < -0.39 is 0 Å². The zero-order chi connectivity index (χ0) is 11.1. The molecule has 0 bridgehead atoms. The molecule has 3 nitrogen and oxygen atoms in total. The lowest BCUT2D eigenvalue weighted by atomic mass is 10.2. The summed E-state index contributed by atoms with van der Waals surface area (Å²) < 4.78 is 10.6. The maximum atomic E-state index is 8.89.